The number of rotatable bonds is 4. The van der Waals surface area contributed by atoms with Crippen molar-refractivity contribution in [3.63, 3.8) is 0 Å². The lowest BCUT2D eigenvalue weighted by Crippen LogP contribution is -1.84. The first-order chi connectivity index (χ1) is 8.69. The molecular formula is C14H11Br3S. The lowest BCUT2D eigenvalue weighted by Gasteiger charge is -1.98. The molecule has 0 saturated heterocycles. The minimum absolute atomic E-state index is 1.01. The number of alkyl halides is 1. The van der Waals surface area contributed by atoms with E-state index >= 15 is 0 Å². The molecular weight excluding hydrogens is 440 g/mol. The summed E-state index contributed by atoms with van der Waals surface area (Å²) >= 11 is 12.2. The fourth-order valence-corrected chi connectivity index (χ4v) is 4.77. The quantitative estimate of drug-likeness (QED) is 0.474. The van der Waals surface area contributed by atoms with Gasteiger partial charge in [-0.2, -0.15) is 0 Å². The van der Waals surface area contributed by atoms with E-state index in [-0.39, 0.29) is 0 Å². The van der Waals surface area contributed by atoms with Crippen molar-refractivity contribution in [2.75, 3.05) is 5.33 Å². The van der Waals surface area contributed by atoms with Crippen molar-refractivity contribution >= 4 is 71.3 Å². The summed E-state index contributed by atoms with van der Waals surface area (Å²) in [5.74, 6) is 0. The summed E-state index contributed by atoms with van der Waals surface area (Å²) in [4.78, 5) is 0. The summed E-state index contributed by atoms with van der Waals surface area (Å²) in [5.41, 5.74) is 3.79. The van der Waals surface area contributed by atoms with Gasteiger partial charge in [0, 0.05) is 10.9 Å². The molecule has 0 aliphatic rings. The zero-order valence-electron chi connectivity index (χ0n) is 9.50. The van der Waals surface area contributed by atoms with Crippen LogP contribution in [-0.2, 0) is 6.42 Å². The van der Waals surface area contributed by atoms with Crippen LogP contribution in [-0.4, -0.2) is 5.33 Å². The van der Waals surface area contributed by atoms with Gasteiger partial charge >= 0.3 is 0 Å². The van der Waals surface area contributed by atoms with Crippen LogP contribution in [0.1, 0.15) is 16.7 Å². The van der Waals surface area contributed by atoms with E-state index < -0.39 is 0 Å². The Labute approximate surface area is 137 Å². The van der Waals surface area contributed by atoms with Gasteiger partial charge in [0.2, 0.25) is 0 Å². The molecule has 0 N–H and O–H groups in total. The molecule has 0 nitrogen and oxygen atoms in total. The largest absolute Gasteiger partial charge is 0.121 e. The third-order valence-electron chi connectivity index (χ3n) is 2.50. The molecule has 0 fully saturated rings. The molecule has 18 heavy (non-hydrogen) atoms. The Bertz CT molecular complexity index is 541. The molecule has 1 aromatic carbocycles. The molecule has 0 saturated carbocycles. The molecule has 0 amide bonds. The first-order valence-corrected chi connectivity index (χ1v) is 8.99. The zero-order valence-corrected chi connectivity index (χ0v) is 15.1. The van der Waals surface area contributed by atoms with E-state index in [0.717, 1.165) is 19.3 Å². The van der Waals surface area contributed by atoms with Gasteiger partial charge in [0.05, 0.1) is 7.57 Å². The van der Waals surface area contributed by atoms with Crippen molar-refractivity contribution in [3.05, 3.63) is 54.6 Å². The van der Waals surface area contributed by atoms with Crippen LogP contribution < -0.4 is 0 Å². The van der Waals surface area contributed by atoms with Crippen molar-refractivity contribution in [1.29, 1.82) is 0 Å². The highest BCUT2D eigenvalue weighted by Gasteiger charge is 2.01. The topological polar surface area (TPSA) is 0 Å². The van der Waals surface area contributed by atoms with Crippen molar-refractivity contribution in [2.24, 2.45) is 0 Å². The van der Waals surface area contributed by atoms with Crippen molar-refractivity contribution < 1.29 is 0 Å². The highest BCUT2D eigenvalue weighted by Crippen LogP contribution is 2.32. The molecule has 2 rings (SSSR count). The van der Waals surface area contributed by atoms with Gasteiger partial charge in [-0.15, -0.1) is 11.3 Å². The third-order valence-corrected chi connectivity index (χ3v) is 5.28. The molecule has 1 aromatic heterocycles. The smallest absolute Gasteiger partial charge is 0.0782 e. The second-order valence-corrected chi connectivity index (χ2v) is 8.34. The van der Waals surface area contributed by atoms with Gasteiger partial charge in [0.1, 0.15) is 0 Å². The van der Waals surface area contributed by atoms with E-state index in [2.05, 4.69) is 90.3 Å². The third kappa shape index (κ3) is 4.05. The Morgan fingerprint density at radius 2 is 1.78 bits per heavy atom. The van der Waals surface area contributed by atoms with E-state index in [4.69, 9.17) is 0 Å². The summed E-state index contributed by atoms with van der Waals surface area (Å²) in [7, 11) is 0. The average molecular weight is 451 g/mol. The van der Waals surface area contributed by atoms with E-state index in [1.807, 2.05) is 0 Å². The average Bonchev–Trinajstić information content (AvgIpc) is 2.67. The van der Waals surface area contributed by atoms with Gasteiger partial charge in [-0.25, -0.2) is 0 Å². The number of thiophene rings is 1. The summed E-state index contributed by atoms with van der Waals surface area (Å²) < 4.78 is 2.29. The number of halogens is 3. The molecule has 0 aliphatic heterocycles. The Morgan fingerprint density at radius 3 is 2.33 bits per heavy atom. The summed E-state index contributed by atoms with van der Waals surface area (Å²) in [6.07, 6.45) is 5.34. The van der Waals surface area contributed by atoms with Gasteiger partial charge in [0.25, 0.3) is 0 Å². The van der Waals surface area contributed by atoms with Gasteiger partial charge in [-0.05, 0) is 55.5 Å². The molecule has 4 heteroatoms. The highest BCUT2D eigenvalue weighted by molar-refractivity contribution is 9.12. The second kappa shape index (κ2) is 7.04. The predicted octanol–water partition coefficient (Wildman–Crippen LogP) is 6.38. The zero-order chi connectivity index (χ0) is 13.0. The van der Waals surface area contributed by atoms with Gasteiger partial charge < -0.3 is 0 Å². The molecule has 0 unspecified atom stereocenters. The Balaban J connectivity index is 2.11. The molecule has 2 aromatic rings. The fraction of sp³-hybridized carbons (Fsp3) is 0.143. The predicted molar refractivity (Wildman–Crippen MR) is 92.6 cm³/mol. The first-order valence-electron chi connectivity index (χ1n) is 5.47. The van der Waals surface area contributed by atoms with Crippen LogP contribution in [0.4, 0.5) is 0 Å². The van der Waals surface area contributed by atoms with Crippen LogP contribution >= 0.6 is 59.1 Å². The van der Waals surface area contributed by atoms with E-state index in [1.54, 1.807) is 11.3 Å². The van der Waals surface area contributed by atoms with Crippen LogP contribution in [0.25, 0.3) is 12.2 Å². The normalized spacial score (nSPS) is 11.3. The van der Waals surface area contributed by atoms with Crippen molar-refractivity contribution in [2.45, 2.75) is 6.42 Å². The van der Waals surface area contributed by atoms with Gasteiger partial charge in [0.15, 0.2) is 0 Å². The van der Waals surface area contributed by atoms with E-state index in [9.17, 15) is 0 Å². The second-order valence-electron chi connectivity index (χ2n) is 3.79. The van der Waals surface area contributed by atoms with Crippen molar-refractivity contribution in [1.82, 2.24) is 0 Å². The summed E-state index contributed by atoms with van der Waals surface area (Å²) in [5, 5.41) is 1.01. The standard InChI is InChI=1S/C14H11Br3S/c15-8-7-11-3-1-10(2-4-11)5-6-12-9-13(16)18-14(12)17/h1-6,9H,7-8H2/b6-5+. The highest BCUT2D eigenvalue weighted by atomic mass is 79.9. The molecule has 0 radical (unpaired) electrons. The summed E-state index contributed by atoms with van der Waals surface area (Å²) in [6.45, 7) is 0. The maximum absolute atomic E-state index is 3.55. The van der Waals surface area contributed by atoms with Crippen molar-refractivity contribution in [3.8, 4) is 0 Å². The van der Waals surface area contributed by atoms with Crippen LogP contribution in [0.15, 0.2) is 37.9 Å². The maximum Gasteiger partial charge on any atom is 0.0782 e. The Kier molecular flexibility index (Phi) is 5.67. The monoisotopic (exact) mass is 448 g/mol. The number of aryl methyl sites for hydroxylation is 1. The minimum Gasteiger partial charge on any atom is -0.121 e. The molecule has 1 heterocycles. The molecule has 0 bridgehead atoms. The summed E-state index contributed by atoms with van der Waals surface area (Å²) in [6, 6.07) is 10.8. The lowest BCUT2D eigenvalue weighted by molar-refractivity contribution is 1.17. The number of hydrogen-bond acceptors (Lipinski definition) is 1. The Morgan fingerprint density at radius 1 is 1.06 bits per heavy atom. The van der Waals surface area contributed by atoms with Crippen LogP contribution in [0, 0.1) is 0 Å². The molecule has 0 aliphatic carbocycles. The number of hydrogen-bond donors (Lipinski definition) is 0. The fourth-order valence-electron chi connectivity index (χ4n) is 1.56. The lowest BCUT2D eigenvalue weighted by atomic mass is 10.1. The van der Waals surface area contributed by atoms with E-state index in [1.165, 1.54) is 16.7 Å². The Hall–Kier alpha value is 0.1000. The minimum atomic E-state index is 1.01. The van der Waals surface area contributed by atoms with Crippen LogP contribution in [0.2, 0.25) is 0 Å². The maximum atomic E-state index is 3.55. The SMILES string of the molecule is BrCCc1ccc(/C=C/c2cc(Br)sc2Br)cc1. The molecule has 94 valence electrons. The first kappa shape index (κ1) is 14.5. The van der Waals surface area contributed by atoms with Crippen LogP contribution in [0.3, 0.4) is 0 Å². The van der Waals surface area contributed by atoms with Crippen LogP contribution in [0.5, 0.6) is 0 Å². The molecule has 0 atom stereocenters. The van der Waals surface area contributed by atoms with Gasteiger partial charge in [-0.3, -0.25) is 0 Å². The number of benzene rings is 1. The molecule has 0 spiro atoms. The van der Waals surface area contributed by atoms with E-state index in [0.29, 0.717) is 0 Å². The van der Waals surface area contributed by atoms with Gasteiger partial charge in [-0.1, -0.05) is 52.3 Å².